The Hall–Kier alpha value is -3.27. The number of carbonyl (C=O) groups is 1. The zero-order valence-electron chi connectivity index (χ0n) is 17.6. The van der Waals surface area contributed by atoms with Crippen molar-refractivity contribution in [3.8, 4) is 5.75 Å². The number of aliphatic hydroxyl groups excluding tert-OH is 1. The van der Waals surface area contributed by atoms with E-state index < -0.39 is 5.82 Å². The Kier molecular flexibility index (Phi) is 7.93. The standard InChI is InChI=1S/C22H23ClFN5O3/c1-29(2)10-4-7-18(31)27-17-9-8-15-19(21(17)32-12-11-30)22(26-13-25-15)28-16-6-3-5-14(23)20(16)24/h3-9,13,30H,10-12H2,1-2H3,(H,27,31)(H,25,26,28)/b7-4+. The van der Waals surface area contributed by atoms with Gasteiger partial charge in [0.15, 0.2) is 11.6 Å². The van der Waals surface area contributed by atoms with Gasteiger partial charge in [-0.05, 0) is 38.4 Å². The molecule has 168 valence electrons. The highest BCUT2D eigenvalue weighted by atomic mass is 35.5. The largest absolute Gasteiger partial charge is 0.488 e. The number of rotatable bonds is 9. The van der Waals surface area contributed by atoms with Gasteiger partial charge in [-0.15, -0.1) is 0 Å². The number of hydrogen-bond donors (Lipinski definition) is 3. The van der Waals surface area contributed by atoms with Crippen LogP contribution in [-0.2, 0) is 4.79 Å². The van der Waals surface area contributed by atoms with Gasteiger partial charge < -0.3 is 25.4 Å². The van der Waals surface area contributed by atoms with E-state index in [1.165, 1.54) is 24.5 Å². The molecule has 0 aliphatic heterocycles. The summed E-state index contributed by atoms with van der Waals surface area (Å²) < 4.78 is 20.2. The normalized spacial score (nSPS) is 11.3. The zero-order chi connectivity index (χ0) is 23.1. The van der Waals surface area contributed by atoms with Crippen LogP contribution in [0.3, 0.4) is 0 Å². The van der Waals surface area contributed by atoms with Crippen LogP contribution in [0.2, 0.25) is 5.02 Å². The Morgan fingerprint density at radius 2 is 2.06 bits per heavy atom. The molecule has 0 bridgehead atoms. The summed E-state index contributed by atoms with van der Waals surface area (Å²) in [5.41, 5.74) is 0.973. The van der Waals surface area contributed by atoms with E-state index in [0.717, 1.165) is 0 Å². The number of benzene rings is 2. The van der Waals surface area contributed by atoms with Gasteiger partial charge in [-0.2, -0.15) is 0 Å². The second-order valence-electron chi connectivity index (χ2n) is 7.01. The number of hydrogen-bond acceptors (Lipinski definition) is 7. The van der Waals surface area contributed by atoms with Crippen molar-refractivity contribution in [3.63, 3.8) is 0 Å². The molecule has 32 heavy (non-hydrogen) atoms. The van der Waals surface area contributed by atoms with Crippen LogP contribution >= 0.6 is 11.6 Å². The van der Waals surface area contributed by atoms with Crippen molar-refractivity contribution in [2.24, 2.45) is 0 Å². The topological polar surface area (TPSA) is 99.6 Å². The molecule has 0 unspecified atom stereocenters. The predicted molar refractivity (Wildman–Crippen MR) is 123 cm³/mol. The van der Waals surface area contributed by atoms with Gasteiger partial charge in [0.1, 0.15) is 18.8 Å². The Bertz CT molecular complexity index is 1140. The van der Waals surface area contributed by atoms with Crippen LogP contribution in [0.4, 0.5) is 21.6 Å². The van der Waals surface area contributed by atoms with Gasteiger partial charge in [-0.25, -0.2) is 14.4 Å². The highest BCUT2D eigenvalue weighted by molar-refractivity contribution is 6.31. The van der Waals surface area contributed by atoms with Crippen LogP contribution in [0.1, 0.15) is 0 Å². The molecule has 0 spiro atoms. The fraction of sp³-hybridized carbons (Fsp3) is 0.227. The van der Waals surface area contributed by atoms with Crippen LogP contribution in [0.5, 0.6) is 5.75 Å². The third-order valence-corrected chi connectivity index (χ3v) is 4.59. The number of carbonyl (C=O) groups excluding carboxylic acids is 1. The number of aromatic nitrogens is 2. The molecule has 3 aromatic rings. The minimum absolute atomic E-state index is 0.0295. The quantitative estimate of drug-likeness (QED) is 0.420. The minimum Gasteiger partial charge on any atom is -0.488 e. The molecule has 8 nitrogen and oxygen atoms in total. The van der Waals surface area contributed by atoms with Crippen LogP contribution in [0.15, 0.2) is 48.8 Å². The van der Waals surface area contributed by atoms with E-state index >= 15 is 0 Å². The summed E-state index contributed by atoms with van der Waals surface area (Å²) in [6.45, 7) is 0.330. The van der Waals surface area contributed by atoms with Gasteiger partial charge >= 0.3 is 0 Å². The maximum atomic E-state index is 14.4. The third-order valence-electron chi connectivity index (χ3n) is 4.30. The van der Waals surface area contributed by atoms with Crippen LogP contribution in [-0.4, -0.2) is 59.7 Å². The van der Waals surface area contributed by atoms with Crippen molar-refractivity contribution >= 4 is 45.6 Å². The second-order valence-corrected chi connectivity index (χ2v) is 7.42. The van der Waals surface area contributed by atoms with E-state index in [9.17, 15) is 14.3 Å². The average molecular weight is 460 g/mol. The first-order valence-corrected chi connectivity index (χ1v) is 10.1. The van der Waals surface area contributed by atoms with Crippen molar-refractivity contribution < 1.29 is 19.0 Å². The van der Waals surface area contributed by atoms with Crippen molar-refractivity contribution in [1.29, 1.82) is 0 Å². The number of anilines is 3. The number of fused-ring (bicyclic) bond motifs is 1. The Balaban J connectivity index is 2.04. The van der Waals surface area contributed by atoms with Gasteiger partial charge in [0.05, 0.1) is 33.9 Å². The molecule has 1 amide bonds. The van der Waals surface area contributed by atoms with Crippen molar-refractivity contribution in [2.75, 3.05) is 44.5 Å². The number of halogens is 2. The summed E-state index contributed by atoms with van der Waals surface area (Å²) in [7, 11) is 3.79. The molecule has 3 N–H and O–H groups in total. The number of amides is 1. The van der Waals surface area contributed by atoms with E-state index in [2.05, 4.69) is 20.6 Å². The van der Waals surface area contributed by atoms with Gasteiger partial charge in [0.25, 0.3) is 0 Å². The molecule has 0 saturated carbocycles. The van der Waals surface area contributed by atoms with Gasteiger partial charge in [-0.3, -0.25) is 4.79 Å². The monoisotopic (exact) mass is 459 g/mol. The highest BCUT2D eigenvalue weighted by Crippen LogP contribution is 2.38. The summed E-state index contributed by atoms with van der Waals surface area (Å²) in [5.74, 6) is -0.485. The summed E-state index contributed by atoms with van der Waals surface area (Å²) in [4.78, 5) is 22.8. The molecule has 1 aromatic heterocycles. The first-order valence-electron chi connectivity index (χ1n) is 9.75. The molecule has 2 aromatic carbocycles. The van der Waals surface area contributed by atoms with Crippen molar-refractivity contribution in [2.45, 2.75) is 0 Å². The van der Waals surface area contributed by atoms with Crippen LogP contribution < -0.4 is 15.4 Å². The molecular weight excluding hydrogens is 437 g/mol. The predicted octanol–water partition coefficient (Wildman–Crippen LogP) is 3.59. The van der Waals surface area contributed by atoms with Gasteiger partial charge in [0, 0.05) is 12.6 Å². The maximum Gasteiger partial charge on any atom is 0.248 e. The molecular formula is C22H23ClFN5O3. The molecule has 0 aliphatic carbocycles. The minimum atomic E-state index is -0.630. The molecule has 0 aliphatic rings. The lowest BCUT2D eigenvalue weighted by Crippen LogP contribution is -2.14. The van der Waals surface area contributed by atoms with Crippen molar-refractivity contribution in [3.05, 3.63) is 59.7 Å². The molecule has 1 heterocycles. The van der Waals surface area contributed by atoms with E-state index in [4.69, 9.17) is 16.3 Å². The molecule has 0 saturated heterocycles. The maximum absolute atomic E-state index is 14.4. The van der Waals surface area contributed by atoms with Crippen molar-refractivity contribution in [1.82, 2.24) is 14.9 Å². The Morgan fingerprint density at radius 1 is 1.25 bits per heavy atom. The first kappa shape index (κ1) is 23.4. The molecule has 0 fully saturated rings. The second kappa shape index (κ2) is 10.9. The summed E-state index contributed by atoms with van der Waals surface area (Å²) >= 11 is 5.88. The van der Waals surface area contributed by atoms with E-state index in [1.807, 2.05) is 19.0 Å². The molecule has 0 radical (unpaired) electrons. The number of ether oxygens (including phenoxy) is 1. The first-order chi connectivity index (χ1) is 15.4. The summed E-state index contributed by atoms with van der Waals surface area (Å²) in [5, 5.41) is 15.3. The third kappa shape index (κ3) is 5.70. The van der Waals surface area contributed by atoms with E-state index in [-0.39, 0.29) is 41.4 Å². The number of nitrogens with zero attached hydrogens (tertiary/aromatic N) is 3. The van der Waals surface area contributed by atoms with Crippen LogP contribution in [0.25, 0.3) is 10.9 Å². The lowest BCUT2D eigenvalue weighted by molar-refractivity contribution is -0.111. The zero-order valence-corrected chi connectivity index (χ0v) is 18.4. The fourth-order valence-electron chi connectivity index (χ4n) is 2.89. The lowest BCUT2D eigenvalue weighted by atomic mass is 10.1. The molecule has 0 atom stereocenters. The summed E-state index contributed by atoms with van der Waals surface area (Å²) in [6, 6.07) is 7.88. The van der Waals surface area contributed by atoms with Gasteiger partial charge in [-0.1, -0.05) is 23.7 Å². The van der Waals surface area contributed by atoms with Gasteiger partial charge in [0.2, 0.25) is 5.91 Å². The average Bonchev–Trinajstić information content (AvgIpc) is 2.76. The van der Waals surface area contributed by atoms with E-state index in [1.54, 1.807) is 24.3 Å². The Morgan fingerprint density at radius 3 is 2.81 bits per heavy atom. The smallest absolute Gasteiger partial charge is 0.248 e. The SMILES string of the molecule is CN(C)C/C=C/C(=O)Nc1ccc2ncnc(Nc3cccc(Cl)c3F)c2c1OCCO. The molecule has 10 heteroatoms. The lowest BCUT2D eigenvalue weighted by Gasteiger charge is -2.16. The highest BCUT2D eigenvalue weighted by Gasteiger charge is 2.18. The van der Waals surface area contributed by atoms with Crippen LogP contribution in [0, 0.1) is 5.82 Å². The number of likely N-dealkylation sites (N-methyl/N-ethyl adjacent to an activating group) is 1. The number of aliphatic hydroxyl groups is 1. The summed E-state index contributed by atoms with van der Waals surface area (Å²) in [6.07, 6.45) is 4.47. The fourth-order valence-corrected chi connectivity index (χ4v) is 3.06. The van der Waals surface area contributed by atoms with E-state index in [0.29, 0.717) is 23.1 Å². The molecule has 3 rings (SSSR count). The Labute approximate surface area is 189 Å². The number of nitrogens with one attached hydrogen (secondary N) is 2.